The summed E-state index contributed by atoms with van der Waals surface area (Å²) in [6.45, 7) is 0.510. The van der Waals surface area contributed by atoms with Crippen molar-refractivity contribution in [3.63, 3.8) is 0 Å². The lowest BCUT2D eigenvalue weighted by molar-refractivity contribution is -0.502. The third-order valence-corrected chi connectivity index (χ3v) is 6.04. The summed E-state index contributed by atoms with van der Waals surface area (Å²) in [5.41, 5.74) is 1.63. The summed E-state index contributed by atoms with van der Waals surface area (Å²) in [7, 11) is -4.10. The highest BCUT2D eigenvalue weighted by atomic mass is 32.2. The highest BCUT2D eigenvalue weighted by Gasteiger charge is 2.46. The second-order valence-corrected chi connectivity index (χ2v) is 7.46. The molecule has 0 radical (unpaired) electrons. The number of fused-ring (bicyclic) bond motifs is 1. The molecule has 0 bridgehead atoms. The minimum absolute atomic E-state index is 0.0356. The highest BCUT2D eigenvalue weighted by Crippen LogP contribution is 2.31. The van der Waals surface area contributed by atoms with Gasteiger partial charge in [-0.2, -0.15) is 0 Å². The SMILES string of the molecule is O=[N+]([O-])[C@@H]([C@H]1NCCc2ccccc21)S(=O)(=O)c1ccccc1. The Bertz CT molecular complexity index is 821. The smallest absolute Gasteiger partial charge is 0.303 e. The van der Waals surface area contributed by atoms with E-state index in [1.165, 1.54) is 12.1 Å². The summed E-state index contributed by atoms with van der Waals surface area (Å²) in [6, 6.07) is 14.0. The van der Waals surface area contributed by atoms with Gasteiger partial charge in [-0.3, -0.25) is 10.1 Å². The van der Waals surface area contributed by atoms with E-state index < -0.39 is 26.2 Å². The summed E-state index contributed by atoms with van der Waals surface area (Å²) >= 11 is 0. The van der Waals surface area contributed by atoms with Gasteiger partial charge in [0, 0.05) is 11.5 Å². The monoisotopic (exact) mass is 332 g/mol. The summed E-state index contributed by atoms with van der Waals surface area (Å²) in [6.07, 6.45) is 0.725. The van der Waals surface area contributed by atoms with Gasteiger partial charge in [-0.05, 0) is 29.7 Å². The first-order valence-electron chi connectivity index (χ1n) is 7.25. The molecule has 0 aliphatic carbocycles. The van der Waals surface area contributed by atoms with Gasteiger partial charge in [0.25, 0.3) is 0 Å². The van der Waals surface area contributed by atoms with E-state index in [-0.39, 0.29) is 4.90 Å². The number of hydrogen-bond donors (Lipinski definition) is 1. The van der Waals surface area contributed by atoms with Crippen molar-refractivity contribution >= 4 is 9.84 Å². The quantitative estimate of drug-likeness (QED) is 0.683. The van der Waals surface area contributed by atoms with Crippen molar-refractivity contribution in [2.45, 2.75) is 22.7 Å². The second kappa shape index (κ2) is 6.10. The van der Waals surface area contributed by atoms with E-state index in [0.717, 1.165) is 12.0 Å². The maximum absolute atomic E-state index is 12.8. The third kappa shape index (κ3) is 2.85. The van der Waals surface area contributed by atoms with Crippen molar-refractivity contribution in [2.24, 2.45) is 0 Å². The standard InChI is InChI=1S/C16H16N2O4S/c19-18(20)16(23(21,22)13-7-2-1-3-8-13)15-14-9-5-4-6-12(14)10-11-17-15/h1-9,15-17H,10-11H2/t15-,16+/m0/s1. The number of benzene rings is 2. The average molecular weight is 332 g/mol. The van der Waals surface area contributed by atoms with Gasteiger partial charge in [0.1, 0.15) is 6.04 Å². The van der Waals surface area contributed by atoms with Crippen LogP contribution in [0.2, 0.25) is 0 Å². The molecule has 7 heteroatoms. The molecular formula is C16H16N2O4S. The van der Waals surface area contributed by atoms with Crippen LogP contribution in [0, 0.1) is 10.1 Å². The molecule has 6 nitrogen and oxygen atoms in total. The molecule has 1 heterocycles. The van der Waals surface area contributed by atoms with Crippen molar-refractivity contribution in [2.75, 3.05) is 6.54 Å². The summed E-state index contributed by atoms with van der Waals surface area (Å²) in [5, 5.41) is 12.9. The Morgan fingerprint density at radius 3 is 2.43 bits per heavy atom. The number of nitro groups is 1. The van der Waals surface area contributed by atoms with Gasteiger partial charge in [0.15, 0.2) is 0 Å². The first-order valence-corrected chi connectivity index (χ1v) is 8.80. The fourth-order valence-electron chi connectivity index (χ4n) is 2.96. The van der Waals surface area contributed by atoms with E-state index in [9.17, 15) is 18.5 Å². The van der Waals surface area contributed by atoms with Gasteiger partial charge in [-0.15, -0.1) is 0 Å². The van der Waals surface area contributed by atoms with E-state index >= 15 is 0 Å². The normalized spacial score (nSPS) is 18.9. The molecule has 0 fully saturated rings. The van der Waals surface area contributed by atoms with Crippen LogP contribution in [0.5, 0.6) is 0 Å². The molecule has 0 saturated heterocycles. The largest absolute Gasteiger partial charge is 0.333 e. The van der Waals surface area contributed by atoms with Crippen LogP contribution >= 0.6 is 0 Å². The zero-order valence-electron chi connectivity index (χ0n) is 12.3. The summed E-state index contributed by atoms with van der Waals surface area (Å²) in [5.74, 6) is 0. The third-order valence-electron chi connectivity index (χ3n) is 4.03. The van der Waals surface area contributed by atoms with Crippen LogP contribution in [0.25, 0.3) is 0 Å². The van der Waals surface area contributed by atoms with Crippen molar-refractivity contribution in [3.8, 4) is 0 Å². The fraction of sp³-hybridized carbons (Fsp3) is 0.250. The van der Waals surface area contributed by atoms with Crippen LogP contribution in [-0.2, 0) is 16.3 Å². The van der Waals surface area contributed by atoms with Crippen LogP contribution in [0.15, 0.2) is 59.5 Å². The predicted molar refractivity (Wildman–Crippen MR) is 85.3 cm³/mol. The van der Waals surface area contributed by atoms with Crippen molar-refractivity contribution in [1.82, 2.24) is 5.32 Å². The minimum Gasteiger partial charge on any atom is -0.303 e. The topological polar surface area (TPSA) is 89.3 Å². The van der Waals surface area contributed by atoms with Crippen molar-refractivity contribution in [3.05, 3.63) is 75.8 Å². The number of sulfone groups is 1. The molecular weight excluding hydrogens is 316 g/mol. The molecule has 2 atom stereocenters. The van der Waals surface area contributed by atoms with Gasteiger partial charge in [0.05, 0.1) is 4.90 Å². The van der Waals surface area contributed by atoms with E-state index in [2.05, 4.69) is 5.32 Å². The number of hydrogen-bond acceptors (Lipinski definition) is 5. The van der Waals surface area contributed by atoms with E-state index in [0.29, 0.717) is 12.1 Å². The van der Waals surface area contributed by atoms with Gasteiger partial charge in [-0.25, -0.2) is 8.42 Å². The predicted octanol–water partition coefficient (Wildman–Crippen LogP) is 1.95. The Labute approximate surface area is 134 Å². The van der Waals surface area contributed by atoms with Gasteiger partial charge in [0.2, 0.25) is 9.84 Å². The van der Waals surface area contributed by atoms with E-state index in [4.69, 9.17) is 0 Å². The number of nitrogens with one attached hydrogen (secondary N) is 1. The maximum atomic E-state index is 12.8. The van der Waals surface area contributed by atoms with Crippen molar-refractivity contribution in [1.29, 1.82) is 0 Å². The lowest BCUT2D eigenvalue weighted by atomic mass is 9.94. The molecule has 1 aliphatic heterocycles. The molecule has 0 unspecified atom stereocenters. The molecule has 120 valence electrons. The van der Waals surface area contributed by atoms with Gasteiger partial charge < -0.3 is 5.32 Å². The zero-order valence-corrected chi connectivity index (χ0v) is 13.1. The lowest BCUT2D eigenvalue weighted by Crippen LogP contribution is -2.45. The molecule has 23 heavy (non-hydrogen) atoms. The average Bonchev–Trinajstić information content (AvgIpc) is 2.55. The molecule has 2 aromatic carbocycles. The zero-order chi connectivity index (χ0) is 16.4. The molecule has 2 aromatic rings. The summed E-state index contributed by atoms with van der Waals surface area (Å²) in [4.78, 5) is 10.9. The molecule has 1 N–H and O–H groups in total. The van der Waals surface area contributed by atoms with E-state index in [1.807, 2.05) is 12.1 Å². The highest BCUT2D eigenvalue weighted by molar-refractivity contribution is 7.91. The van der Waals surface area contributed by atoms with Gasteiger partial charge in [-0.1, -0.05) is 42.5 Å². The first-order chi connectivity index (χ1) is 11.0. The number of rotatable bonds is 4. The molecule has 0 aromatic heterocycles. The van der Waals surface area contributed by atoms with Crippen LogP contribution in [-0.4, -0.2) is 25.3 Å². The Balaban J connectivity index is 2.10. The molecule has 0 spiro atoms. The maximum Gasteiger partial charge on any atom is 0.333 e. The minimum atomic E-state index is -4.10. The van der Waals surface area contributed by atoms with Crippen LogP contribution < -0.4 is 5.32 Å². The van der Waals surface area contributed by atoms with E-state index in [1.54, 1.807) is 30.3 Å². The Hall–Kier alpha value is -2.25. The Kier molecular flexibility index (Phi) is 4.14. The molecule has 0 saturated carbocycles. The Morgan fingerprint density at radius 1 is 1.09 bits per heavy atom. The van der Waals surface area contributed by atoms with Crippen LogP contribution in [0.1, 0.15) is 17.2 Å². The lowest BCUT2D eigenvalue weighted by Gasteiger charge is -2.28. The molecule has 0 amide bonds. The molecule has 3 rings (SSSR count). The Morgan fingerprint density at radius 2 is 1.74 bits per heavy atom. The van der Waals surface area contributed by atoms with Crippen LogP contribution in [0.3, 0.4) is 0 Å². The van der Waals surface area contributed by atoms with Crippen LogP contribution in [0.4, 0.5) is 0 Å². The van der Waals surface area contributed by atoms with Gasteiger partial charge >= 0.3 is 5.37 Å². The summed E-state index contributed by atoms with van der Waals surface area (Å²) < 4.78 is 25.6. The second-order valence-electron chi connectivity index (χ2n) is 5.41. The first kappa shape index (κ1) is 15.6. The van der Waals surface area contributed by atoms with Crippen molar-refractivity contribution < 1.29 is 13.3 Å². The molecule has 1 aliphatic rings. The number of nitrogens with zero attached hydrogens (tertiary/aromatic N) is 1. The fourth-order valence-corrected chi connectivity index (χ4v) is 4.60.